The van der Waals surface area contributed by atoms with Gasteiger partial charge in [-0.3, -0.25) is 0 Å². The molecule has 1 atom stereocenters. The molecule has 4 rings (SSSR count). The minimum absolute atomic E-state index is 0.276. The first kappa shape index (κ1) is 15.9. The zero-order valence-electron chi connectivity index (χ0n) is 13.2. The Kier molecular flexibility index (Phi) is 4.24. The number of rotatable bonds is 3. The fraction of sp³-hybridized carbons (Fsp3) is 0.412. The molecule has 0 bridgehead atoms. The second kappa shape index (κ2) is 6.38. The topological polar surface area (TPSA) is 55.8 Å². The highest BCUT2D eigenvalue weighted by molar-refractivity contribution is 7.89. The molecule has 24 heavy (non-hydrogen) atoms. The highest BCUT2D eigenvalue weighted by atomic mass is 32.2. The van der Waals surface area contributed by atoms with E-state index in [9.17, 15) is 8.42 Å². The molecule has 2 aliphatic heterocycles. The van der Waals surface area contributed by atoms with Gasteiger partial charge in [0.05, 0.1) is 18.1 Å². The van der Waals surface area contributed by atoms with E-state index in [4.69, 9.17) is 9.47 Å². The zero-order valence-corrected chi connectivity index (χ0v) is 14.8. The number of fused-ring (bicyclic) bond motifs is 1. The molecular weight excluding hydrogens is 346 g/mol. The largest absolute Gasteiger partial charge is 0.490 e. The van der Waals surface area contributed by atoms with Gasteiger partial charge in [0.2, 0.25) is 10.0 Å². The van der Waals surface area contributed by atoms with Crippen LogP contribution in [-0.2, 0) is 10.0 Å². The number of sulfonamides is 1. The number of benzene rings is 1. The Labute approximate surface area is 145 Å². The lowest BCUT2D eigenvalue weighted by atomic mass is 10.0. The summed E-state index contributed by atoms with van der Waals surface area (Å²) in [5.41, 5.74) is 1.23. The minimum Gasteiger partial charge on any atom is -0.490 e. The van der Waals surface area contributed by atoms with Crippen LogP contribution in [0, 0.1) is 0 Å². The highest BCUT2D eigenvalue weighted by Gasteiger charge is 2.34. The first-order valence-electron chi connectivity index (χ1n) is 8.06. The lowest BCUT2D eigenvalue weighted by molar-refractivity contribution is 0.297. The predicted molar refractivity (Wildman–Crippen MR) is 92.5 cm³/mol. The van der Waals surface area contributed by atoms with Crippen molar-refractivity contribution < 1.29 is 17.9 Å². The molecule has 5 nitrogen and oxygen atoms in total. The van der Waals surface area contributed by atoms with Gasteiger partial charge >= 0.3 is 0 Å². The normalized spacial score (nSPS) is 21.6. The molecule has 0 saturated carbocycles. The van der Waals surface area contributed by atoms with E-state index >= 15 is 0 Å². The number of nitrogens with zero attached hydrogens (tertiary/aromatic N) is 1. The molecule has 2 aliphatic rings. The fourth-order valence-electron chi connectivity index (χ4n) is 3.18. The Balaban J connectivity index is 1.58. The van der Waals surface area contributed by atoms with Gasteiger partial charge in [-0.1, -0.05) is 0 Å². The van der Waals surface area contributed by atoms with Gasteiger partial charge in [-0.15, -0.1) is 0 Å². The molecule has 1 aromatic heterocycles. The maximum absolute atomic E-state index is 13.0. The summed E-state index contributed by atoms with van der Waals surface area (Å²) in [7, 11) is -3.51. The Morgan fingerprint density at radius 2 is 1.96 bits per heavy atom. The quantitative estimate of drug-likeness (QED) is 0.839. The van der Waals surface area contributed by atoms with Crippen molar-refractivity contribution in [2.45, 2.75) is 23.7 Å². The number of thiophene rings is 1. The third-order valence-corrected chi connectivity index (χ3v) is 7.08. The average Bonchev–Trinajstić information content (AvgIpc) is 3.22. The van der Waals surface area contributed by atoms with Crippen LogP contribution in [0.1, 0.15) is 24.3 Å². The summed E-state index contributed by atoms with van der Waals surface area (Å²) >= 11 is 1.65. The van der Waals surface area contributed by atoms with Crippen molar-refractivity contribution >= 4 is 21.4 Å². The van der Waals surface area contributed by atoms with Gasteiger partial charge in [0.15, 0.2) is 11.5 Å². The minimum atomic E-state index is -3.51. The predicted octanol–water partition coefficient (Wildman–Crippen LogP) is 3.09. The van der Waals surface area contributed by atoms with E-state index in [1.165, 1.54) is 5.56 Å². The van der Waals surface area contributed by atoms with E-state index in [1.54, 1.807) is 33.8 Å². The van der Waals surface area contributed by atoms with Crippen molar-refractivity contribution in [3.8, 4) is 11.5 Å². The first-order valence-corrected chi connectivity index (χ1v) is 10.4. The third kappa shape index (κ3) is 2.92. The molecule has 1 aromatic carbocycles. The van der Waals surface area contributed by atoms with Crippen LogP contribution < -0.4 is 9.47 Å². The standard InChI is InChI=1S/C17H19NO4S2/c19-24(20,18-6-4-13(11-18)14-5-9-23-12-14)15-2-3-16-17(10-15)22-8-1-7-21-16/h2-3,5,9-10,12-13H,1,4,6-8,11H2. The van der Waals surface area contributed by atoms with Gasteiger partial charge in [-0.2, -0.15) is 15.6 Å². The summed E-state index contributed by atoms with van der Waals surface area (Å²) in [6.45, 7) is 2.22. The molecule has 2 aromatic rings. The molecule has 0 radical (unpaired) electrons. The van der Waals surface area contributed by atoms with Gasteiger partial charge in [-0.05, 0) is 46.9 Å². The molecule has 1 saturated heterocycles. The molecule has 0 N–H and O–H groups in total. The second-order valence-electron chi connectivity index (χ2n) is 6.06. The lowest BCUT2D eigenvalue weighted by Crippen LogP contribution is -2.28. The van der Waals surface area contributed by atoms with Crippen molar-refractivity contribution in [1.82, 2.24) is 4.31 Å². The monoisotopic (exact) mass is 365 g/mol. The van der Waals surface area contributed by atoms with E-state index in [2.05, 4.69) is 11.4 Å². The summed E-state index contributed by atoms with van der Waals surface area (Å²) in [4.78, 5) is 0.276. The molecule has 0 aliphatic carbocycles. The van der Waals surface area contributed by atoms with Crippen molar-refractivity contribution in [2.24, 2.45) is 0 Å². The van der Waals surface area contributed by atoms with Gasteiger partial charge < -0.3 is 9.47 Å². The van der Waals surface area contributed by atoms with Crippen molar-refractivity contribution in [3.63, 3.8) is 0 Å². The zero-order chi connectivity index (χ0) is 16.6. The van der Waals surface area contributed by atoms with Crippen LogP contribution in [0.2, 0.25) is 0 Å². The number of hydrogen-bond donors (Lipinski definition) is 0. The fourth-order valence-corrected chi connectivity index (χ4v) is 5.44. The van der Waals surface area contributed by atoms with Crippen molar-refractivity contribution in [1.29, 1.82) is 0 Å². The number of hydrogen-bond acceptors (Lipinski definition) is 5. The van der Waals surface area contributed by atoms with E-state index < -0.39 is 10.0 Å². The molecule has 0 spiro atoms. The van der Waals surface area contributed by atoms with Crippen molar-refractivity contribution in [3.05, 3.63) is 40.6 Å². The smallest absolute Gasteiger partial charge is 0.243 e. The average molecular weight is 365 g/mol. The Hall–Kier alpha value is -1.57. The lowest BCUT2D eigenvalue weighted by Gasteiger charge is -2.17. The van der Waals surface area contributed by atoms with Gasteiger partial charge in [0, 0.05) is 25.6 Å². The van der Waals surface area contributed by atoms with Crippen LogP contribution in [0.4, 0.5) is 0 Å². The molecule has 1 fully saturated rings. The van der Waals surface area contributed by atoms with E-state index in [0.29, 0.717) is 37.8 Å². The van der Waals surface area contributed by atoms with Crippen LogP contribution in [0.5, 0.6) is 11.5 Å². The Bertz CT molecular complexity index is 817. The summed E-state index contributed by atoms with van der Waals surface area (Å²) in [5.74, 6) is 1.41. The van der Waals surface area contributed by atoms with Crippen LogP contribution in [0.3, 0.4) is 0 Å². The molecule has 3 heterocycles. The molecule has 128 valence electrons. The van der Waals surface area contributed by atoms with Crippen LogP contribution in [-0.4, -0.2) is 39.0 Å². The van der Waals surface area contributed by atoms with E-state index in [1.807, 2.05) is 5.38 Å². The van der Waals surface area contributed by atoms with E-state index in [-0.39, 0.29) is 10.8 Å². The Morgan fingerprint density at radius 3 is 2.75 bits per heavy atom. The second-order valence-corrected chi connectivity index (χ2v) is 8.78. The van der Waals surface area contributed by atoms with Crippen LogP contribution in [0.15, 0.2) is 39.9 Å². The maximum Gasteiger partial charge on any atom is 0.243 e. The molecule has 0 amide bonds. The van der Waals surface area contributed by atoms with E-state index in [0.717, 1.165) is 12.8 Å². The van der Waals surface area contributed by atoms with Crippen molar-refractivity contribution in [2.75, 3.05) is 26.3 Å². The molecule has 7 heteroatoms. The Morgan fingerprint density at radius 1 is 1.12 bits per heavy atom. The summed E-state index contributed by atoms with van der Waals surface area (Å²) < 4.78 is 38.7. The van der Waals surface area contributed by atoms with Crippen LogP contribution >= 0.6 is 11.3 Å². The van der Waals surface area contributed by atoms with Crippen LogP contribution in [0.25, 0.3) is 0 Å². The number of ether oxygens (including phenoxy) is 2. The van der Waals surface area contributed by atoms with Gasteiger partial charge in [0.25, 0.3) is 0 Å². The van der Waals surface area contributed by atoms with Gasteiger partial charge in [0.1, 0.15) is 0 Å². The summed E-state index contributed by atoms with van der Waals surface area (Å²) in [6.07, 6.45) is 1.66. The maximum atomic E-state index is 13.0. The third-order valence-electron chi connectivity index (χ3n) is 4.52. The van der Waals surface area contributed by atoms with Gasteiger partial charge in [-0.25, -0.2) is 8.42 Å². The summed E-state index contributed by atoms with van der Waals surface area (Å²) in [5, 5.41) is 4.14. The molecular formula is C17H19NO4S2. The summed E-state index contributed by atoms with van der Waals surface area (Å²) in [6, 6.07) is 6.98. The SMILES string of the molecule is O=S(=O)(c1ccc2c(c1)OCCCO2)N1CCC(c2ccsc2)C1. The highest BCUT2D eigenvalue weighted by Crippen LogP contribution is 2.36. The molecule has 1 unspecified atom stereocenters. The first-order chi connectivity index (χ1) is 11.6.